The van der Waals surface area contributed by atoms with Crippen molar-refractivity contribution in [1.29, 1.82) is 0 Å². The van der Waals surface area contributed by atoms with Gasteiger partial charge in [-0.1, -0.05) is 96.2 Å². The summed E-state index contributed by atoms with van der Waals surface area (Å²) in [6.45, 7) is 4.74. The molecule has 5 nitrogen and oxygen atoms in total. The van der Waals surface area contributed by atoms with Crippen LogP contribution in [0.5, 0.6) is 0 Å². The summed E-state index contributed by atoms with van der Waals surface area (Å²) in [4.78, 5) is 11.9. The molecule has 0 fully saturated rings. The molecule has 176 valence electrons. The highest BCUT2D eigenvalue weighted by atomic mass is 32.1. The van der Waals surface area contributed by atoms with Crippen molar-refractivity contribution in [2.75, 3.05) is 0 Å². The largest absolute Gasteiger partial charge is 0.241 e. The molecule has 0 saturated heterocycles. The van der Waals surface area contributed by atoms with Gasteiger partial charge in [-0.05, 0) is 19.4 Å². The summed E-state index contributed by atoms with van der Waals surface area (Å²) in [7, 11) is 0. The first kappa shape index (κ1) is 22.5. The maximum atomic E-state index is 4.93. The first-order valence-electron chi connectivity index (χ1n) is 11.7. The van der Waals surface area contributed by atoms with Crippen LogP contribution in [0.4, 0.5) is 0 Å². The van der Waals surface area contributed by atoms with E-state index in [4.69, 9.17) is 15.1 Å². The van der Waals surface area contributed by atoms with Gasteiger partial charge >= 0.3 is 0 Å². The lowest BCUT2D eigenvalue weighted by atomic mass is 10.1. The molecule has 0 aliphatic carbocycles. The quantitative estimate of drug-likeness (QED) is 0.235. The average Bonchev–Trinajstić information content (AvgIpc) is 3.62. The van der Waals surface area contributed by atoms with Crippen molar-refractivity contribution < 1.29 is 0 Å². The van der Waals surface area contributed by atoms with E-state index in [1.807, 2.05) is 54.1 Å². The van der Waals surface area contributed by atoms with Crippen LogP contribution in [0, 0.1) is 13.8 Å². The third kappa shape index (κ3) is 4.27. The SMILES string of the molecule is Cc1nc(-c2ccccc2)sc1-c1nnn(Cc2ccccc2)c1-c1sc(-c2ccccc2)nc1C. The number of benzene rings is 3. The second kappa shape index (κ2) is 9.60. The van der Waals surface area contributed by atoms with Crippen LogP contribution in [0.25, 0.3) is 42.3 Å². The van der Waals surface area contributed by atoms with Crippen LogP contribution in [0.1, 0.15) is 17.0 Å². The van der Waals surface area contributed by atoms with Gasteiger partial charge in [0.1, 0.15) is 21.4 Å². The zero-order valence-corrected chi connectivity index (χ0v) is 21.6. The van der Waals surface area contributed by atoms with Gasteiger partial charge < -0.3 is 0 Å². The van der Waals surface area contributed by atoms with E-state index in [1.165, 1.54) is 5.56 Å². The molecule has 0 unspecified atom stereocenters. The third-order valence-electron chi connectivity index (χ3n) is 5.98. The van der Waals surface area contributed by atoms with Gasteiger partial charge in [-0.25, -0.2) is 14.6 Å². The van der Waals surface area contributed by atoms with Gasteiger partial charge in [-0.2, -0.15) is 0 Å². The molecule has 6 rings (SSSR count). The van der Waals surface area contributed by atoms with E-state index in [0.717, 1.165) is 53.7 Å². The van der Waals surface area contributed by atoms with Gasteiger partial charge in [0, 0.05) is 11.1 Å². The Balaban J connectivity index is 1.51. The second-order valence-electron chi connectivity index (χ2n) is 8.53. The van der Waals surface area contributed by atoms with Crippen molar-refractivity contribution in [3.05, 3.63) is 108 Å². The maximum Gasteiger partial charge on any atom is 0.133 e. The Hall–Kier alpha value is -3.94. The predicted molar refractivity (Wildman–Crippen MR) is 148 cm³/mol. The molecular weight excluding hydrogens is 482 g/mol. The van der Waals surface area contributed by atoms with Crippen LogP contribution in [0.15, 0.2) is 91.0 Å². The van der Waals surface area contributed by atoms with E-state index >= 15 is 0 Å². The topological polar surface area (TPSA) is 56.5 Å². The van der Waals surface area contributed by atoms with Crippen molar-refractivity contribution in [2.45, 2.75) is 20.4 Å². The van der Waals surface area contributed by atoms with E-state index in [9.17, 15) is 0 Å². The lowest BCUT2D eigenvalue weighted by molar-refractivity contribution is 0.656. The monoisotopic (exact) mass is 505 g/mol. The number of hydrogen-bond donors (Lipinski definition) is 0. The lowest BCUT2D eigenvalue weighted by Crippen LogP contribution is -2.04. The molecular formula is C29H23N5S2. The van der Waals surface area contributed by atoms with Crippen molar-refractivity contribution in [3.8, 4) is 42.3 Å². The van der Waals surface area contributed by atoms with Gasteiger partial charge in [-0.3, -0.25) is 0 Å². The minimum absolute atomic E-state index is 0.630. The summed E-state index contributed by atoms with van der Waals surface area (Å²) < 4.78 is 2.00. The van der Waals surface area contributed by atoms with Gasteiger partial charge in [-0.15, -0.1) is 27.8 Å². The Bertz CT molecular complexity index is 1620. The highest BCUT2D eigenvalue weighted by Crippen LogP contribution is 2.43. The molecule has 0 spiro atoms. The average molecular weight is 506 g/mol. The molecule has 0 bridgehead atoms. The van der Waals surface area contributed by atoms with Crippen molar-refractivity contribution in [3.63, 3.8) is 0 Å². The molecule has 3 aromatic carbocycles. The van der Waals surface area contributed by atoms with Gasteiger partial charge in [0.15, 0.2) is 0 Å². The molecule has 0 radical (unpaired) electrons. The highest BCUT2D eigenvalue weighted by Gasteiger charge is 2.25. The fourth-order valence-corrected chi connectivity index (χ4v) is 6.38. The first-order valence-corrected chi connectivity index (χ1v) is 13.3. The van der Waals surface area contributed by atoms with Crippen LogP contribution in [-0.2, 0) is 6.54 Å². The van der Waals surface area contributed by atoms with E-state index in [0.29, 0.717) is 6.54 Å². The van der Waals surface area contributed by atoms with Crippen molar-refractivity contribution in [1.82, 2.24) is 25.0 Å². The zero-order valence-electron chi connectivity index (χ0n) is 19.9. The Labute approximate surface area is 217 Å². The molecule has 0 aliphatic heterocycles. The van der Waals surface area contributed by atoms with E-state index in [2.05, 4.69) is 60.7 Å². The van der Waals surface area contributed by atoms with Crippen LogP contribution in [0.3, 0.4) is 0 Å². The molecule has 0 saturated carbocycles. The van der Waals surface area contributed by atoms with E-state index in [1.54, 1.807) is 22.7 Å². The number of aryl methyl sites for hydroxylation is 2. The zero-order chi connectivity index (χ0) is 24.5. The Kier molecular flexibility index (Phi) is 6.01. The van der Waals surface area contributed by atoms with E-state index in [-0.39, 0.29) is 0 Å². The fourth-order valence-electron chi connectivity index (χ4n) is 4.20. The number of hydrogen-bond acceptors (Lipinski definition) is 6. The van der Waals surface area contributed by atoms with Crippen LogP contribution in [0.2, 0.25) is 0 Å². The molecule has 3 heterocycles. The molecule has 0 aliphatic rings. The van der Waals surface area contributed by atoms with E-state index < -0.39 is 0 Å². The summed E-state index contributed by atoms with van der Waals surface area (Å²) in [6, 6.07) is 31.0. The molecule has 6 aromatic rings. The number of nitrogens with zero attached hydrogens (tertiary/aromatic N) is 5. The van der Waals surface area contributed by atoms with Gasteiger partial charge in [0.25, 0.3) is 0 Å². The number of rotatable bonds is 6. The molecule has 0 amide bonds. The minimum Gasteiger partial charge on any atom is -0.241 e. The summed E-state index contributed by atoms with van der Waals surface area (Å²) in [5.74, 6) is 0. The summed E-state index contributed by atoms with van der Waals surface area (Å²) in [6.07, 6.45) is 0. The summed E-state index contributed by atoms with van der Waals surface area (Å²) in [5.41, 5.74) is 7.17. The smallest absolute Gasteiger partial charge is 0.133 e. The summed E-state index contributed by atoms with van der Waals surface area (Å²) in [5, 5.41) is 11.3. The molecule has 3 aromatic heterocycles. The Morgan fingerprint density at radius 3 is 1.72 bits per heavy atom. The highest BCUT2D eigenvalue weighted by molar-refractivity contribution is 7.19. The molecule has 36 heavy (non-hydrogen) atoms. The third-order valence-corrected chi connectivity index (χ3v) is 8.40. The van der Waals surface area contributed by atoms with Gasteiger partial charge in [0.05, 0.1) is 27.7 Å². The molecule has 7 heteroatoms. The predicted octanol–water partition coefficient (Wildman–Crippen LogP) is 7.52. The van der Waals surface area contributed by atoms with Crippen LogP contribution < -0.4 is 0 Å². The summed E-state index contributed by atoms with van der Waals surface area (Å²) >= 11 is 3.35. The number of thiazole rings is 2. The lowest BCUT2D eigenvalue weighted by Gasteiger charge is -2.07. The first-order chi connectivity index (χ1) is 17.7. The van der Waals surface area contributed by atoms with Crippen molar-refractivity contribution in [2.24, 2.45) is 0 Å². The minimum atomic E-state index is 0.630. The number of aromatic nitrogens is 5. The Morgan fingerprint density at radius 1 is 0.639 bits per heavy atom. The molecule has 0 atom stereocenters. The van der Waals surface area contributed by atoms with Crippen LogP contribution >= 0.6 is 22.7 Å². The standard InChI is InChI=1S/C29H23N5S2/c1-19-26(35-28(30-19)22-14-8-4-9-15-22)24-25(34(33-32-24)18-21-12-6-3-7-13-21)27-20(2)31-29(36-27)23-16-10-5-11-17-23/h3-17H,18H2,1-2H3. The van der Waals surface area contributed by atoms with Gasteiger partial charge in [0.2, 0.25) is 0 Å². The maximum absolute atomic E-state index is 4.93. The normalized spacial score (nSPS) is 11.2. The second-order valence-corrected chi connectivity index (χ2v) is 10.5. The fraction of sp³-hybridized carbons (Fsp3) is 0.103. The molecule has 0 N–H and O–H groups in total. The van der Waals surface area contributed by atoms with Crippen molar-refractivity contribution >= 4 is 22.7 Å². The van der Waals surface area contributed by atoms with Crippen LogP contribution in [-0.4, -0.2) is 25.0 Å². The Morgan fingerprint density at radius 2 is 1.14 bits per heavy atom.